The Kier molecular flexibility index (Phi) is 22.3. The summed E-state index contributed by atoms with van der Waals surface area (Å²) >= 11 is 0. The first-order valence-corrected chi connectivity index (χ1v) is 32.4. The number of imidazole rings is 2. The van der Waals surface area contributed by atoms with Crippen LogP contribution in [0.25, 0.3) is 32.9 Å². The Hall–Kier alpha value is -11.4. The Morgan fingerprint density at radius 1 is 0.592 bits per heavy atom. The normalized spacial score (nSPS) is 14.0. The lowest BCUT2D eigenvalue weighted by Crippen LogP contribution is -2.54. The zero-order valence-electron chi connectivity index (χ0n) is 54.8. The van der Waals surface area contributed by atoms with Gasteiger partial charge in [0.15, 0.2) is 0 Å². The van der Waals surface area contributed by atoms with Crippen LogP contribution in [0.2, 0.25) is 0 Å². The highest BCUT2D eigenvalue weighted by Crippen LogP contribution is 2.36. The summed E-state index contributed by atoms with van der Waals surface area (Å²) in [5.74, 6) is -5.17. The number of unbranched alkanes of at least 4 members (excludes halogenated alkanes) is 2. The molecule has 0 saturated heterocycles. The van der Waals surface area contributed by atoms with Crippen molar-refractivity contribution in [3.05, 3.63) is 162 Å². The molecule has 0 radical (unpaired) electrons. The monoisotopic (exact) mass is 1340 g/mol. The lowest BCUT2D eigenvalue weighted by molar-refractivity contribution is -0.137. The van der Waals surface area contributed by atoms with E-state index in [0.29, 0.717) is 88.4 Å². The second-order valence-corrected chi connectivity index (χ2v) is 24.6. The topological polar surface area (TPSA) is 343 Å². The molecule has 0 spiro atoms. The highest BCUT2D eigenvalue weighted by atomic mass is 16.6. The zero-order chi connectivity index (χ0) is 69.7. The number of hydrogen-bond donors (Lipinski definition) is 5. The predicted molar refractivity (Wildman–Crippen MR) is 359 cm³/mol. The van der Waals surface area contributed by atoms with Gasteiger partial charge >= 0.3 is 12.1 Å². The van der Waals surface area contributed by atoms with Crippen molar-refractivity contribution in [3.8, 4) is 11.4 Å². The molecule has 5 aromatic carbocycles. The van der Waals surface area contributed by atoms with Gasteiger partial charge in [-0.15, -0.1) is 0 Å². The number of aromatic nitrogens is 4. The van der Waals surface area contributed by atoms with Crippen molar-refractivity contribution in [2.75, 3.05) is 78.3 Å². The van der Waals surface area contributed by atoms with Gasteiger partial charge in [0.25, 0.3) is 35.4 Å². The SMILES string of the molecule is CC(C)[C@H](NC(=O)CCCCCN1C(=O)C=CC1=O)C(=O)N[C@@H](CCCNC(N)=O)C(=O)Nc1ccc(COC(=O)N(C)CC(=O)N(CCCN(C)CCN2C(=O)c3cccc4c(-n5ccnc5)ccc(c34)C2=O)CCN2C(=O)c3cccc4c(-n5ccnc5)ccc(c34)C2=O)cc1. The van der Waals surface area contributed by atoms with Crippen LogP contribution in [-0.2, 0) is 40.1 Å². The maximum atomic E-state index is 14.4. The maximum absolute atomic E-state index is 14.4. The first-order valence-electron chi connectivity index (χ1n) is 32.4. The number of nitrogens with two attached hydrogens (primary N) is 1. The molecule has 13 amide bonds. The van der Waals surface area contributed by atoms with Gasteiger partial charge in [-0.1, -0.05) is 56.7 Å². The Bertz CT molecular complexity index is 4190. The van der Waals surface area contributed by atoms with Crippen molar-refractivity contribution in [2.24, 2.45) is 11.7 Å². The maximum Gasteiger partial charge on any atom is 0.410 e. The van der Waals surface area contributed by atoms with Gasteiger partial charge in [-0.25, -0.2) is 19.6 Å². The minimum absolute atomic E-state index is 0.0737. The Morgan fingerprint density at radius 3 is 1.71 bits per heavy atom. The number of carbonyl (C=O) groups is 12. The summed E-state index contributed by atoms with van der Waals surface area (Å²) in [4.78, 5) is 177. The minimum Gasteiger partial charge on any atom is -0.445 e. The molecule has 510 valence electrons. The molecule has 2 aromatic heterocycles. The molecule has 2 atom stereocenters. The van der Waals surface area contributed by atoms with E-state index in [2.05, 4.69) is 31.2 Å². The van der Waals surface area contributed by atoms with Crippen molar-refractivity contribution in [1.82, 2.24) is 64.5 Å². The lowest BCUT2D eigenvalue weighted by Gasteiger charge is -2.32. The first kappa shape index (κ1) is 69.4. The number of primary amides is 1. The van der Waals surface area contributed by atoms with E-state index in [1.807, 2.05) is 34.7 Å². The van der Waals surface area contributed by atoms with Gasteiger partial charge in [0, 0.05) is 146 Å². The average Bonchev–Trinajstić information content (AvgIpc) is 1.12. The van der Waals surface area contributed by atoms with Crippen LogP contribution in [0.3, 0.4) is 0 Å². The highest BCUT2D eigenvalue weighted by molar-refractivity contribution is 6.27. The van der Waals surface area contributed by atoms with E-state index >= 15 is 0 Å². The van der Waals surface area contributed by atoms with Crippen LogP contribution < -0.4 is 27.0 Å². The number of benzene rings is 5. The van der Waals surface area contributed by atoms with Crippen molar-refractivity contribution in [1.29, 1.82) is 0 Å². The molecule has 6 N–H and O–H groups in total. The fraction of sp³-hybridized carbons (Fsp3) is 0.343. The molecule has 5 heterocycles. The van der Waals surface area contributed by atoms with Crippen molar-refractivity contribution >= 4 is 98.4 Å². The molecule has 3 aliphatic heterocycles. The molecule has 7 aromatic rings. The van der Waals surface area contributed by atoms with Gasteiger partial charge < -0.3 is 55.6 Å². The summed E-state index contributed by atoms with van der Waals surface area (Å²) in [5.41, 5.74) is 9.05. The number of nitrogens with zero attached hydrogens (tertiary/aromatic N) is 10. The van der Waals surface area contributed by atoms with E-state index < -0.39 is 78.0 Å². The van der Waals surface area contributed by atoms with Gasteiger partial charge in [-0.2, -0.15) is 0 Å². The molecule has 3 aliphatic rings. The van der Waals surface area contributed by atoms with E-state index in [9.17, 15) is 57.5 Å². The molecule has 0 fully saturated rings. The highest BCUT2D eigenvalue weighted by Gasteiger charge is 2.37. The zero-order valence-corrected chi connectivity index (χ0v) is 54.8. The van der Waals surface area contributed by atoms with E-state index in [1.54, 1.807) is 123 Å². The molecule has 0 unspecified atom stereocenters. The number of hydrogen-bond acceptors (Lipinski definition) is 16. The molecule has 98 heavy (non-hydrogen) atoms. The number of likely N-dealkylation sites (N-methyl/N-ethyl adjacent to an activating group) is 2. The number of amides is 13. The lowest BCUT2D eigenvalue weighted by atomic mass is 9.93. The van der Waals surface area contributed by atoms with E-state index in [0.717, 1.165) is 31.5 Å². The van der Waals surface area contributed by atoms with Crippen LogP contribution in [0.15, 0.2) is 135 Å². The number of rotatable bonds is 32. The molecule has 0 bridgehead atoms. The minimum atomic E-state index is -1.13. The van der Waals surface area contributed by atoms with Crippen LogP contribution in [-0.4, -0.2) is 205 Å². The van der Waals surface area contributed by atoms with Crippen LogP contribution in [0, 0.1) is 5.92 Å². The third-order valence-electron chi connectivity index (χ3n) is 17.4. The number of ether oxygens (including phenoxy) is 1. The Morgan fingerprint density at radius 2 is 1.16 bits per heavy atom. The molecular formula is C70H77N15O13. The third kappa shape index (κ3) is 16.1. The summed E-state index contributed by atoms with van der Waals surface area (Å²) in [7, 11) is 3.22. The van der Waals surface area contributed by atoms with Gasteiger partial charge in [-0.3, -0.25) is 62.6 Å². The summed E-state index contributed by atoms with van der Waals surface area (Å²) < 4.78 is 9.25. The molecule has 28 nitrogen and oxygen atoms in total. The van der Waals surface area contributed by atoms with Crippen LogP contribution in [0.4, 0.5) is 15.3 Å². The summed E-state index contributed by atoms with van der Waals surface area (Å²) in [6.07, 6.45) is 13.9. The second-order valence-electron chi connectivity index (χ2n) is 24.6. The number of urea groups is 1. The fourth-order valence-corrected chi connectivity index (χ4v) is 12.2. The number of imide groups is 3. The summed E-state index contributed by atoms with van der Waals surface area (Å²) in [6, 6.07) is 21.0. The number of carbonyl (C=O) groups excluding carboxylic acids is 12. The smallest absolute Gasteiger partial charge is 0.410 e. The van der Waals surface area contributed by atoms with Crippen LogP contribution >= 0.6 is 0 Å². The molecule has 0 aliphatic carbocycles. The largest absolute Gasteiger partial charge is 0.445 e. The first-order chi connectivity index (χ1) is 47.2. The number of nitrogens with one attached hydrogen (secondary N) is 4. The van der Waals surface area contributed by atoms with Crippen molar-refractivity contribution in [3.63, 3.8) is 0 Å². The van der Waals surface area contributed by atoms with Gasteiger partial charge in [0.2, 0.25) is 23.6 Å². The van der Waals surface area contributed by atoms with Gasteiger partial charge in [0.05, 0.1) is 24.0 Å². The Labute approximate surface area is 564 Å². The molecule has 10 rings (SSSR count). The number of anilines is 1. The molecular weight excluding hydrogens is 1260 g/mol. The third-order valence-corrected chi connectivity index (χ3v) is 17.4. The van der Waals surface area contributed by atoms with E-state index in [1.165, 1.54) is 29.0 Å². The predicted octanol–water partition coefficient (Wildman–Crippen LogP) is 5.17. The van der Waals surface area contributed by atoms with Gasteiger partial charge in [0.1, 0.15) is 25.2 Å². The fourth-order valence-electron chi connectivity index (χ4n) is 12.2. The van der Waals surface area contributed by atoms with E-state index in [-0.39, 0.29) is 82.9 Å². The molecule has 28 heteroatoms. The quantitative estimate of drug-likeness (QED) is 0.0268. The summed E-state index contributed by atoms with van der Waals surface area (Å²) in [5, 5.41) is 13.3. The van der Waals surface area contributed by atoms with E-state index in [4.69, 9.17) is 10.5 Å². The van der Waals surface area contributed by atoms with Crippen LogP contribution in [0.5, 0.6) is 0 Å². The standard InChI is InChI=1S/C70H77N15O13/c1-44(2)62(77-56(86)17-6-5-7-33-83-57(87)26-27-58(83)88)64(91)76-53(16-10-28-74-69(71)96)63(90)75-46-20-18-45(19-21-46)41-98-70(97)79(4)40-59(89)80(37-39-85-66(93)50-15-9-13-48-55(82-35-30-73-43-82)25-23-52(61(48)50)68(85)95)32-11-31-78(3)36-38-84-65(92)49-14-8-12-47-54(81-34-29-72-42-81)24-22-51(60(47)49)67(84)94/h8-9,12-15,18-27,29-30,34-35,42-44,53,62H,5-7,10-11,16-17,28,31-33,36-41H2,1-4H3,(H,75,90)(H,76,91)(H,77,86)(H3,71,74,96)/t53-,62-/m0/s1. The van der Waals surface area contributed by atoms with Gasteiger partial charge in [-0.05, 0) is 106 Å². The second kappa shape index (κ2) is 31.4. The molecule has 0 saturated carbocycles. The van der Waals surface area contributed by atoms with Crippen molar-refractivity contribution < 1.29 is 62.3 Å². The van der Waals surface area contributed by atoms with Crippen molar-refractivity contribution in [2.45, 2.75) is 77.5 Å². The average molecular weight is 1340 g/mol. The van der Waals surface area contributed by atoms with Crippen LogP contribution in [0.1, 0.15) is 106 Å². The summed E-state index contributed by atoms with van der Waals surface area (Å²) in [6.45, 7) is 3.73. The Balaban J connectivity index is 0.744.